The monoisotopic (exact) mass is 293 g/mol. The molecule has 0 saturated carbocycles. The van der Waals surface area contributed by atoms with Crippen molar-refractivity contribution >= 4 is 5.91 Å². The number of piperidine rings is 1. The van der Waals surface area contributed by atoms with E-state index in [1.165, 1.54) is 7.11 Å². The molecule has 0 atom stereocenters. The molecular weight excluding hydrogens is 270 g/mol. The summed E-state index contributed by atoms with van der Waals surface area (Å²) >= 11 is 0. The van der Waals surface area contributed by atoms with Crippen LogP contribution in [0.2, 0.25) is 0 Å². The summed E-state index contributed by atoms with van der Waals surface area (Å²) in [6.07, 6.45) is 1.80. The second kappa shape index (κ2) is 7.28. The van der Waals surface area contributed by atoms with Crippen LogP contribution >= 0.6 is 0 Å². The average Bonchev–Trinajstić information content (AvgIpc) is 2.49. The number of amides is 1. The lowest BCUT2D eigenvalue weighted by Gasteiger charge is -2.32. The van der Waals surface area contributed by atoms with Gasteiger partial charge in [0.15, 0.2) is 11.5 Å². The number of para-hydroxylation sites is 1. The topological polar surface area (TPSA) is 87.8 Å². The molecule has 6 nitrogen and oxygen atoms in total. The summed E-state index contributed by atoms with van der Waals surface area (Å²) in [6, 6.07) is 5.04. The molecule has 1 heterocycles. The molecule has 0 unspecified atom stereocenters. The van der Waals surface area contributed by atoms with Gasteiger partial charge in [0.05, 0.1) is 12.7 Å². The Bertz CT molecular complexity index is 485. The first-order valence-corrected chi connectivity index (χ1v) is 7.25. The predicted octanol–water partition coefficient (Wildman–Crippen LogP) is 0.554. The summed E-state index contributed by atoms with van der Waals surface area (Å²) in [4.78, 5) is 14.5. The van der Waals surface area contributed by atoms with Crippen LogP contribution in [0.15, 0.2) is 18.2 Å². The standard InChI is InChI=1S/C15H23N3O3/c1-21-13-4-2-3-12(14(13)19)15(20)17-11-5-8-18(9-6-11)10-7-16/h2-4,11,19H,5-10,16H2,1H3,(H,17,20). The zero-order valence-electron chi connectivity index (χ0n) is 12.3. The molecule has 1 aliphatic heterocycles. The second-order valence-electron chi connectivity index (χ2n) is 5.23. The first kappa shape index (κ1) is 15.6. The minimum Gasteiger partial charge on any atom is -0.504 e. The first-order valence-electron chi connectivity index (χ1n) is 7.25. The summed E-state index contributed by atoms with van der Waals surface area (Å²) in [5, 5.41) is 13.0. The van der Waals surface area contributed by atoms with Crippen LogP contribution in [0.25, 0.3) is 0 Å². The van der Waals surface area contributed by atoms with Gasteiger partial charge in [0.1, 0.15) is 0 Å². The number of hydrogen-bond donors (Lipinski definition) is 3. The molecule has 0 aliphatic carbocycles. The van der Waals surface area contributed by atoms with Crippen LogP contribution < -0.4 is 15.8 Å². The summed E-state index contributed by atoms with van der Waals surface area (Å²) in [7, 11) is 1.46. The molecule has 0 spiro atoms. The number of likely N-dealkylation sites (tertiary alicyclic amines) is 1. The Labute approximate surface area is 124 Å². The van der Waals surface area contributed by atoms with E-state index < -0.39 is 0 Å². The summed E-state index contributed by atoms with van der Waals surface area (Å²) in [5.41, 5.74) is 5.79. The van der Waals surface area contributed by atoms with Crippen molar-refractivity contribution in [2.24, 2.45) is 5.73 Å². The highest BCUT2D eigenvalue weighted by Gasteiger charge is 2.22. The maximum Gasteiger partial charge on any atom is 0.255 e. The lowest BCUT2D eigenvalue weighted by molar-refractivity contribution is 0.0908. The third-order valence-corrected chi connectivity index (χ3v) is 3.83. The van der Waals surface area contributed by atoms with Gasteiger partial charge in [-0.05, 0) is 25.0 Å². The molecule has 6 heteroatoms. The Hall–Kier alpha value is -1.79. The molecule has 4 N–H and O–H groups in total. The number of hydrogen-bond acceptors (Lipinski definition) is 5. The van der Waals surface area contributed by atoms with Crippen molar-refractivity contribution in [1.82, 2.24) is 10.2 Å². The van der Waals surface area contributed by atoms with E-state index in [4.69, 9.17) is 10.5 Å². The molecule has 0 radical (unpaired) electrons. The maximum absolute atomic E-state index is 12.2. The molecule has 116 valence electrons. The van der Waals surface area contributed by atoms with Crippen LogP contribution in [0.1, 0.15) is 23.2 Å². The molecule has 1 fully saturated rings. The van der Waals surface area contributed by atoms with E-state index in [1.54, 1.807) is 18.2 Å². The Morgan fingerprint density at radius 3 is 2.81 bits per heavy atom. The summed E-state index contributed by atoms with van der Waals surface area (Å²) < 4.78 is 5.02. The van der Waals surface area contributed by atoms with E-state index in [0.29, 0.717) is 12.3 Å². The minimum atomic E-state index is -0.260. The number of aromatic hydroxyl groups is 1. The Balaban J connectivity index is 1.94. The molecule has 2 rings (SSSR count). The predicted molar refractivity (Wildman–Crippen MR) is 80.6 cm³/mol. The van der Waals surface area contributed by atoms with Gasteiger partial charge in [0.2, 0.25) is 0 Å². The van der Waals surface area contributed by atoms with Crippen LogP contribution in [0.4, 0.5) is 0 Å². The number of benzene rings is 1. The van der Waals surface area contributed by atoms with E-state index in [1.807, 2.05) is 0 Å². The molecule has 1 aromatic carbocycles. The van der Waals surface area contributed by atoms with Crippen molar-refractivity contribution in [3.63, 3.8) is 0 Å². The van der Waals surface area contributed by atoms with Crippen LogP contribution in [0.5, 0.6) is 11.5 Å². The van der Waals surface area contributed by atoms with Gasteiger partial charge in [-0.2, -0.15) is 0 Å². The summed E-state index contributed by atoms with van der Waals surface area (Å²) in [6.45, 7) is 3.44. The fraction of sp³-hybridized carbons (Fsp3) is 0.533. The molecule has 0 aromatic heterocycles. The van der Waals surface area contributed by atoms with E-state index in [2.05, 4.69) is 10.2 Å². The van der Waals surface area contributed by atoms with Gasteiger partial charge in [-0.1, -0.05) is 6.07 Å². The highest BCUT2D eigenvalue weighted by Crippen LogP contribution is 2.29. The van der Waals surface area contributed by atoms with Crippen molar-refractivity contribution in [3.8, 4) is 11.5 Å². The number of nitrogens with zero attached hydrogens (tertiary/aromatic N) is 1. The third kappa shape index (κ3) is 3.86. The number of rotatable bonds is 5. The number of phenols is 1. The lowest BCUT2D eigenvalue weighted by atomic mass is 10.0. The molecule has 1 saturated heterocycles. The smallest absolute Gasteiger partial charge is 0.255 e. The molecule has 1 aliphatic rings. The first-order chi connectivity index (χ1) is 10.2. The van der Waals surface area contributed by atoms with Gasteiger partial charge >= 0.3 is 0 Å². The largest absolute Gasteiger partial charge is 0.504 e. The van der Waals surface area contributed by atoms with Crippen molar-refractivity contribution in [1.29, 1.82) is 0 Å². The number of carbonyl (C=O) groups is 1. The zero-order valence-corrected chi connectivity index (χ0v) is 12.3. The van der Waals surface area contributed by atoms with Crippen LogP contribution in [-0.2, 0) is 0 Å². The highest BCUT2D eigenvalue weighted by atomic mass is 16.5. The number of phenolic OH excluding ortho intramolecular Hbond substituents is 1. The minimum absolute atomic E-state index is 0.113. The van der Waals surface area contributed by atoms with Crippen LogP contribution in [0, 0.1) is 0 Å². The third-order valence-electron chi connectivity index (χ3n) is 3.83. The second-order valence-corrected chi connectivity index (χ2v) is 5.23. The van der Waals surface area contributed by atoms with Crippen molar-refractivity contribution in [3.05, 3.63) is 23.8 Å². The fourth-order valence-corrected chi connectivity index (χ4v) is 2.62. The van der Waals surface area contributed by atoms with E-state index in [-0.39, 0.29) is 23.3 Å². The normalized spacial score (nSPS) is 16.7. The molecular formula is C15H23N3O3. The van der Waals surface area contributed by atoms with Crippen molar-refractivity contribution < 1.29 is 14.6 Å². The van der Waals surface area contributed by atoms with Gasteiger partial charge in [-0.25, -0.2) is 0 Å². The van der Waals surface area contributed by atoms with Crippen molar-refractivity contribution in [2.45, 2.75) is 18.9 Å². The van der Waals surface area contributed by atoms with Gasteiger partial charge in [-0.3, -0.25) is 4.79 Å². The Morgan fingerprint density at radius 2 is 2.19 bits per heavy atom. The van der Waals surface area contributed by atoms with Crippen molar-refractivity contribution in [2.75, 3.05) is 33.3 Å². The van der Waals surface area contributed by atoms with Gasteiger partial charge in [0, 0.05) is 32.2 Å². The summed E-state index contributed by atoms with van der Waals surface area (Å²) in [5.74, 6) is -0.0674. The lowest BCUT2D eigenvalue weighted by Crippen LogP contribution is -2.45. The highest BCUT2D eigenvalue weighted by molar-refractivity contribution is 5.97. The quantitative estimate of drug-likeness (QED) is 0.738. The molecule has 0 bridgehead atoms. The van der Waals surface area contributed by atoms with E-state index >= 15 is 0 Å². The number of nitrogens with one attached hydrogen (secondary N) is 1. The number of carbonyl (C=O) groups excluding carboxylic acids is 1. The Kier molecular flexibility index (Phi) is 5.41. The van der Waals surface area contributed by atoms with Crippen LogP contribution in [0.3, 0.4) is 0 Å². The number of nitrogens with two attached hydrogens (primary N) is 1. The average molecular weight is 293 g/mol. The van der Waals surface area contributed by atoms with Gasteiger partial charge in [-0.15, -0.1) is 0 Å². The van der Waals surface area contributed by atoms with E-state index in [9.17, 15) is 9.90 Å². The number of methoxy groups -OCH3 is 1. The molecule has 21 heavy (non-hydrogen) atoms. The van der Waals surface area contributed by atoms with Crippen LogP contribution in [-0.4, -0.2) is 55.2 Å². The van der Waals surface area contributed by atoms with Gasteiger partial charge in [0.25, 0.3) is 5.91 Å². The fourth-order valence-electron chi connectivity index (χ4n) is 2.62. The zero-order chi connectivity index (χ0) is 15.2. The maximum atomic E-state index is 12.2. The SMILES string of the molecule is COc1cccc(C(=O)NC2CCN(CCN)CC2)c1O. The Morgan fingerprint density at radius 1 is 1.48 bits per heavy atom. The molecule has 1 amide bonds. The molecule has 1 aromatic rings. The van der Waals surface area contributed by atoms with Gasteiger partial charge < -0.3 is 25.8 Å². The van der Waals surface area contributed by atoms with E-state index in [0.717, 1.165) is 32.5 Å². The number of ether oxygens (including phenoxy) is 1.